The first-order valence-corrected chi connectivity index (χ1v) is 10.6. The molecule has 0 radical (unpaired) electrons. The molecule has 0 atom stereocenters. The molecule has 0 saturated carbocycles. The summed E-state index contributed by atoms with van der Waals surface area (Å²) in [6.07, 6.45) is -0.768. The van der Waals surface area contributed by atoms with Crippen molar-refractivity contribution in [2.24, 2.45) is 0 Å². The Morgan fingerprint density at radius 1 is 1.19 bits per heavy atom. The quantitative estimate of drug-likeness (QED) is 0.375. The Kier molecular flexibility index (Phi) is 8.78. The van der Waals surface area contributed by atoms with Crippen molar-refractivity contribution in [2.45, 2.75) is 46.2 Å². The van der Waals surface area contributed by atoms with Gasteiger partial charge in [-0.3, -0.25) is 9.69 Å². The van der Waals surface area contributed by atoms with E-state index in [1.165, 1.54) is 17.0 Å². The molecule has 170 valence electrons. The third-order valence-electron chi connectivity index (χ3n) is 4.07. The lowest BCUT2D eigenvalue weighted by Gasteiger charge is -2.20. The summed E-state index contributed by atoms with van der Waals surface area (Å²) in [5.74, 6) is -1.16. The number of nitrogens with zero attached hydrogens (tertiary/aromatic N) is 3. The minimum atomic E-state index is -4.48. The van der Waals surface area contributed by atoms with Gasteiger partial charge < -0.3 is 9.47 Å². The number of hydrogen-bond donors (Lipinski definition) is 0. The Morgan fingerprint density at radius 3 is 2.52 bits per heavy atom. The molecule has 2 aromatic heterocycles. The Morgan fingerprint density at radius 2 is 1.94 bits per heavy atom. The van der Waals surface area contributed by atoms with Crippen molar-refractivity contribution in [3.8, 4) is 5.88 Å². The van der Waals surface area contributed by atoms with Crippen LogP contribution >= 0.6 is 11.3 Å². The molecule has 0 N–H and O–H groups in total. The second-order valence-corrected chi connectivity index (χ2v) is 7.56. The zero-order valence-electron chi connectivity index (χ0n) is 17.5. The fourth-order valence-corrected chi connectivity index (χ4v) is 3.58. The van der Waals surface area contributed by atoms with Gasteiger partial charge in [0.15, 0.2) is 11.7 Å². The molecule has 31 heavy (non-hydrogen) atoms. The predicted octanol–water partition coefficient (Wildman–Crippen LogP) is 4.80. The first-order chi connectivity index (χ1) is 14.7. The molecule has 2 rings (SSSR count). The van der Waals surface area contributed by atoms with Gasteiger partial charge in [0.05, 0.1) is 17.9 Å². The van der Waals surface area contributed by atoms with E-state index < -0.39 is 24.7 Å². The highest BCUT2D eigenvalue weighted by atomic mass is 32.1. The van der Waals surface area contributed by atoms with Crippen LogP contribution in [0.15, 0.2) is 18.3 Å². The fourth-order valence-electron chi connectivity index (χ4n) is 2.59. The van der Waals surface area contributed by atoms with Crippen molar-refractivity contribution in [1.82, 2.24) is 9.97 Å². The lowest BCUT2D eigenvalue weighted by Crippen LogP contribution is -2.32. The molecular formula is C20H24F3N3O4S. The van der Waals surface area contributed by atoms with Crippen LogP contribution in [0.4, 0.5) is 18.3 Å². The number of halogens is 3. The van der Waals surface area contributed by atoms with Crippen LogP contribution in [0.25, 0.3) is 0 Å². The molecule has 1 amide bonds. The van der Waals surface area contributed by atoms with Gasteiger partial charge in [0.25, 0.3) is 5.91 Å². The van der Waals surface area contributed by atoms with Crippen molar-refractivity contribution in [1.29, 1.82) is 0 Å². The van der Waals surface area contributed by atoms with Gasteiger partial charge in [-0.2, -0.15) is 13.2 Å². The highest BCUT2D eigenvalue weighted by molar-refractivity contribution is 7.17. The van der Waals surface area contributed by atoms with E-state index in [-0.39, 0.29) is 18.1 Å². The summed E-state index contributed by atoms with van der Waals surface area (Å²) >= 11 is 1.06. The maximum absolute atomic E-state index is 13.1. The molecule has 2 heterocycles. The first kappa shape index (κ1) is 24.6. The van der Waals surface area contributed by atoms with Crippen LogP contribution < -0.4 is 9.64 Å². The smallest absolute Gasteiger partial charge is 0.422 e. The number of amides is 1. The van der Waals surface area contributed by atoms with Gasteiger partial charge in [0.1, 0.15) is 4.88 Å². The monoisotopic (exact) mass is 459 g/mol. The topological polar surface area (TPSA) is 81.6 Å². The summed E-state index contributed by atoms with van der Waals surface area (Å²) in [6, 6.07) is 2.56. The molecule has 0 bridgehead atoms. The van der Waals surface area contributed by atoms with Crippen molar-refractivity contribution in [3.63, 3.8) is 0 Å². The summed E-state index contributed by atoms with van der Waals surface area (Å²) in [5, 5.41) is 0.346. The molecule has 0 aliphatic carbocycles. The maximum Gasteiger partial charge on any atom is 0.422 e. The highest BCUT2D eigenvalue weighted by Gasteiger charge is 2.29. The van der Waals surface area contributed by atoms with Gasteiger partial charge in [-0.05, 0) is 26.3 Å². The average molecular weight is 459 g/mol. The van der Waals surface area contributed by atoms with E-state index in [0.29, 0.717) is 22.2 Å². The third kappa shape index (κ3) is 7.20. The molecule has 0 saturated heterocycles. The lowest BCUT2D eigenvalue weighted by atomic mass is 10.2. The number of rotatable bonds is 10. The third-order valence-corrected chi connectivity index (χ3v) is 5.23. The highest BCUT2D eigenvalue weighted by Crippen LogP contribution is 2.28. The molecule has 0 fully saturated rings. The number of pyridine rings is 1. The zero-order chi connectivity index (χ0) is 23.0. The number of unbranched alkanes of at least 4 members (excludes halogenated alkanes) is 2. The summed E-state index contributed by atoms with van der Waals surface area (Å²) < 4.78 is 46.4. The van der Waals surface area contributed by atoms with Crippen molar-refractivity contribution in [3.05, 3.63) is 34.5 Å². The van der Waals surface area contributed by atoms with Crippen molar-refractivity contribution >= 4 is 28.3 Å². The van der Waals surface area contributed by atoms with E-state index in [0.717, 1.165) is 36.8 Å². The molecule has 0 aliphatic rings. The van der Waals surface area contributed by atoms with Crippen LogP contribution in [0.1, 0.15) is 58.8 Å². The number of aromatic nitrogens is 2. The number of carbonyl (C=O) groups is 2. The van der Waals surface area contributed by atoms with Crippen molar-refractivity contribution < 1.29 is 32.2 Å². The summed E-state index contributed by atoms with van der Waals surface area (Å²) in [5.41, 5.74) is 0.627. The standard InChI is InChI=1S/C20H24F3N3O4S/c1-4-6-7-10-26(19-25-13(3)16(31-19)18(28)29-5-2)17(27)14-8-9-15(24-11-14)30-12-20(21,22)23/h8-9,11H,4-7,10,12H2,1-3H3. The zero-order valence-corrected chi connectivity index (χ0v) is 18.3. The van der Waals surface area contributed by atoms with Crippen molar-refractivity contribution in [2.75, 3.05) is 24.7 Å². The average Bonchev–Trinajstić information content (AvgIpc) is 3.10. The Labute approximate surface area is 182 Å². The predicted molar refractivity (Wildman–Crippen MR) is 110 cm³/mol. The van der Waals surface area contributed by atoms with E-state index in [1.54, 1.807) is 13.8 Å². The van der Waals surface area contributed by atoms with Crippen LogP contribution in [0.5, 0.6) is 5.88 Å². The Balaban J connectivity index is 2.24. The van der Waals surface area contributed by atoms with Crippen LogP contribution in [0.3, 0.4) is 0 Å². The second-order valence-electron chi connectivity index (χ2n) is 6.58. The lowest BCUT2D eigenvalue weighted by molar-refractivity contribution is -0.154. The van der Waals surface area contributed by atoms with Crippen LogP contribution in [-0.4, -0.2) is 47.8 Å². The number of anilines is 1. The number of ether oxygens (including phenoxy) is 2. The summed E-state index contributed by atoms with van der Waals surface area (Å²) in [6.45, 7) is 4.51. The molecule has 2 aromatic rings. The van der Waals surface area contributed by atoms with Gasteiger partial charge >= 0.3 is 12.1 Å². The number of alkyl halides is 3. The van der Waals surface area contributed by atoms with E-state index in [4.69, 9.17) is 4.74 Å². The van der Waals surface area contributed by atoms with E-state index in [1.807, 2.05) is 6.92 Å². The van der Waals surface area contributed by atoms with E-state index in [9.17, 15) is 22.8 Å². The molecule has 0 unspecified atom stereocenters. The number of thiazole rings is 1. The molecule has 0 aromatic carbocycles. The van der Waals surface area contributed by atoms with Crippen LogP contribution in [-0.2, 0) is 4.74 Å². The normalized spacial score (nSPS) is 11.3. The fraction of sp³-hybridized carbons (Fsp3) is 0.500. The van der Waals surface area contributed by atoms with Gasteiger partial charge in [0, 0.05) is 18.8 Å². The van der Waals surface area contributed by atoms with E-state index >= 15 is 0 Å². The molecule has 7 nitrogen and oxygen atoms in total. The molecule has 11 heteroatoms. The number of hydrogen-bond acceptors (Lipinski definition) is 7. The van der Waals surface area contributed by atoms with Crippen LogP contribution in [0.2, 0.25) is 0 Å². The SMILES string of the molecule is CCCCCN(C(=O)c1ccc(OCC(F)(F)F)nc1)c1nc(C)c(C(=O)OCC)s1. The van der Waals surface area contributed by atoms with Crippen LogP contribution in [0, 0.1) is 6.92 Å². The van der Waals surface area contributed by atoms with Gasteiger partial charge in [0.2, 0.25) is 5.88 Å². The number of esters is 1. The minimum Gasteiger partial charge on any atom is -0.468 e. The first-order valence-electron chi connectivity index (χ1n) is 9.78. The summed E-state index contributed by atoms with van der Waals surface area (Å²) in [4.78, 5) is 35.1. The minimum absolute atomic E-state index is 0.168. The van der Waals surface area contributed by atoms with Gasteiger partial charge in [-0.1, -0.05) is 31.1 Å². The molecule has 0 spiro atoms. The molecule has 0 aliphatic heterocycles. The van der Waals surface area contributed by atoms with Gasteiger partial charge in [-0.15, -0.1) is 0 Å². The number of carbonyl (C=O) groups excluding carboxylic acids is 2. The Bertz CT molecular complexity index is 885. The largest absolute Gasteiger partial charge is 0.468 e. The Hall–Kier alpha value is -2.69. The summed E-state index contributed by atoms with van der Waals surface area (Å²) in [7, 11) is 0. The number of aryl methyl sites for hydroxylation is 1. The second kappa shape index (κ2) is 11.1. The maximum atomic E-state index is 13.1. The van der Waals surface area contributed by atoms with Gasteiger partial charge in [-0.25, -0.2) is 14.8 Å². The van der Waals surface area contributed by atoms with E-state index in [2.05, 4.69) is 14.7 Å². The molecular weight excluding hydrogens is 435 g/mol.